The van der Waals surface area contributed by atoms with E-state index in [1.807, 2.05) is 32.0 Å². The highest BCUT2D eigenvalue weighted by Gasteiger charge is 2.18. The number of nitrogens with zero attached hydrogens (tertiary/aromatic N) is 5. The number of carbonyl (C=O) groups is 2. The van der Waals surface area contributed by atoms with Crippen molar-refractivity contribution in [2.75, 3.05) is 37.8 Å². The summed E-state index contributed by atoms with van der Waals surface area (Å²) in [5, 5.41) is 13.1. The van der Waals surface area contributed by atoms with Gasteiger partial charge in [-0.15, -0.1) is 0 Å². The van der Waals surface area contributed by atoms with Crippen LogP contribution in [-0.4, -0.2) is 63.5 Å². The third-order valence-electron chi connectivity index (χ3n) is 4.42. The number of fused-ring (bicyclic) bond motifs is 1. The summed E-state index contributed by atoms with van der Waals surface area (Å²) < 4.78 is 1.53. The lowest BCUT2D eigenvalue weighted by molar-refractivity contribution is -0.128. The molecule has 152 valence electrons. The van der Waals surface area contributed by atoms with Gasteiger partial charge >= 0.3 is 0 Å². The number of anilines is 3. The molecule has 10 heteroatoms. The number of nitrogens with one attached hydrogen (secondary N) is 3. The molecule has 0 aliphatic carbocycles. The van der Waals surface area contributed by atoms with Gasteiger partial charge in [-0.1, -0.05) is 6.07 Å². The van der Waals surface area contributed by atoms with Gasteiger partial charge in [0, 0.05) is 32.4 Å². The predicted molar refractivity (Wildman–Crippen MR) is 110 cm³/mol. The molecular weight excluding hydrogens is 372 g/mol. The number of carbonyl (C=O) groups excluding carboxylic acids is 2. The van der Waals surface area contributed by atoms with Gasteiger partial charge in [0.05, 0.1) is 12.7 Å². The highest BCUT2D eigenvalue weighted by molar-refractivity contribution is 6.01. The van der Waals surface area contributed by atoms with E-state index in [0.717, 1.165) is 5.69 Å². The standard InChI is InChI=1S/C19H24N8O2/c1-5-26(4)17(28)11-21-19(29)13-10-22-27-16(20-3)9-15(25-18(13)27)24-14-8-6-7-12(2)23-14/h6-10,20H,5,11H2,1-4H3,(H,21,29)(H,23,24,25). The molecule has 0 aliphatic heterocycles. The van der Waals surface area contributed by atoms with Gasteiger partial charge in [-0.3, -0.25) is 9.59 Å². The molecule has 0 spiro atoms. The van der Waals surface area contributed by atoms with Crippen LogP contribution in [0.3, 0.4) is 0 Å². The van der Waals surface area contributed by atoms with Crippen molar-refractivity contribution in [1.29, 1.82) is 0 Å². The fourth-order valence-electron chi connectivity index (χ4n) is 2.67. The van der Waals surface area contributed by atoms with Crippen LogP contribution in [-0.2, 0) is 4.79 Å². The first-order chi connectivity index (χ1) is 13.9. The van der Waals surface area contributed by atoms with E-state index in [4.69, 9.17) is 0 Å². The molecule has 0 unspecified atom stereocenters. The van der Waals surface area contributed by atoms with E-state index in [0.29, 0.717) is 29.6 Å². The zero-order valence-corrected chi connectivity index (χ0v) is 16.9. The molecule has 0 aliphatic rings. The van der Waals surface area contributed by atoms with Gasteiger partial charge in [0.15, 0.2) is 5.65 Å². The fourth-order valence-corrected chi connectivity index (χ4v) is 2.67. The molecule has 0 saturated heterocycles. The molecule has 0 fully saturated rings. The second-order valence-corrected chi connectivity index (χ2v) is 6.45. The number of aromatic nitrogens is 4. The Morgan fingerprint density at radius 1 is 1.21 bits per heavy atom. The highest BCUT2D eigenvalue weighted by Crippen LogP contribution is 2.21. The Balaban J connectivity index is 1.89. The van der Waals surface area contributed by atoms with Gasteiger partial charge in [0.25, 0.3) is 5.91 Å². The lowest BCUT2D eigenvalue weighted by Gasteiger charge is -2.14. The summed E-state index contributed by atoms with van der Waals surface area (Å²) in [4.78, 5) is 35.0. The number of likely N-dealkylation sites (N-methyl/N-ethyl adjacent to an activating group) is 1. The Bertz CT molecular complexity index is 1050. The Hall–Kier alpha value is -3.69. The van der Waals surface area contributed by atoms with E-state index in [9.17, 15) is 9.59 Å². The molecule has 2 amide bonds. The number of pyridine rings is 1. The quantitative estimate of drug-likeness (QED) is 0.553. The van der Waals surface area contributed by atoms with Crippen LogP contribution >= 0.6 is 0 Å². The van der Waals surface area contributed by atoms with Gasteiger partial charge in [0.2, 0.25) is 5.91 Å². The van der Waals surface area contributed by atoms with Crippen molar-refractivity contribution in [3.8, 4) is 0 Å². The van der Waals surface area contributed by atoms with Crippen molar-refractivity contribution >= 4 is 34.9 Å². The molecule has 3 rings (SSSR count). The topological polar surface area (TPSA) is 117 Å². The van der Waals surface area contributed by atoms with Crippen molar-refractivity contribution in [1.82, 2.24) is 29.8 Å². The van der Waals surface area contributed by atoms with Crippen LogP contribution in [0.4, 0.5) is 17.5 Å². The molecule has 3 N–H and O–H groups in total. The number of hydrogen-bond acceptors (Lipinski definition) is 7. The van der Waals surface area contributed by atoms with Gasteiger partial charge in [-0.25, -0.2) is 9.97 Å². The smallest absolute Gasteiger partial charge is 0.257 e. The molecule has 0 saturated carbocycles. The summed E-state index contributed by atoms with van der Waals surface area (Å²) >= 11 is 0. The second kappa shape index (κ2) is 8.55. The second-order valence-electron chi connectivity index (χ2n) is 6.45. The third-order valence-corrected chi connectivity index (χ3v) is 4.42. The number of rotatable bonds is 7. The number of amides is 2. The molecule has 0 aromatic carbocycles. The van der Waals surface area contributed by atoms with Crippen LogP contribution in [0.2, 0.25) is 0 Å². The van der Waals surface area contributed by atoms with E-state index in [1.54, 1.807) is 20.2 Å². The van der Waals surface area contributed by atoms with Crippen LogP contribution in [0.1, 0.15) is 23.0 Å². The maximum Gasteiger partial charge on any atom is 0.257 e. The van der Waals surface area contributed by atoms with E-state index in [2.05, 4.69) is 31.0 Å². The molecular formula is C19H24N8O2. The Labute approximate surface area is 168 Å². The minimum atomic E-state index is -0.418. The summed E-state index contributed by atoms with van der Waals surface area (Å²) in [5.74, 6) is 1.21. The largest absolute Gasteiger partial charge is 0.373 e. The zero-order chi connectivity index (χ0) is 21.0. The highest BCUT2D eigenvalue weighted by atomic mass is 16.2. The number of aryl methyl sites for hydroxylation is 1. The maximum atomic E-state index is 12.6. The van der Waals surface area contributed by atoms with E-state index >= 15 is 0 Å². The van der Waals surface area contributed by atoms with E-state index in [1.165, 1.54) is 15.6 Å². The molecule has 29 heavy (non-hydrogen) atoms. The molecule has 0 radical (unpaired) electrons. The zero-order valence-electron chi connectivity index (χ0n) is 16.9. The predicted octanol–water partition coefficient (Wildman–Crippen LogP) is 1.43. The van der Waals surface area contributed by atoms with Gasteiger partial charge in [-0.2, -0.15) is 9.61 Å². The van der Waals surface area contributed by atoms with Crippen LogP contribution in [0.15, 0.2) is 30.5 Å². The van der Waals surface area contributed by atoms with Crippen LogP contribution in [0, 0.1) is 6.92 Å². The maximum absolute atomic E-state index is 12.6. The Morgan fingerprint density at radius 2 is 2.00 bits per heavy atom. The molecule has 0 bridgehead atoms. The van der Waals surface area contributed by atoms with Crippen LogP contribution in [0.5, 0.6) is 0 Å². The van der Waals surface area contributed by atoms with Crippen molar-refractivity contribution in [2.45, 2.75) is 13.8 Å². The van der Waals surface area contributed by atoms with Gasteiger partial charge in [-0.05, 0) is 26.0 Å². The third kappa shape index (κ3) is 4.42. The molecule has 3 aromatic rings. The summed E-state index contributed by atoms with van der Waals surface area (Å²) in [6, 6.07) is 7.39. The average Bonchev–Trinajstić information content (AvgIpc) is 3.14. The van der Waals surface area contributed by atoms with Crippen LogP contribution in [0.25, 0.3) is 5.65 Å². The van der Waals surface area contributed by atoms with Gasteiger partial charge in [0.1, 0.15) is 23.0 Å². The van der Waals surface area contributed by atoms with E-state index in [-0.39, 0.29) is 18.0 Å². The minimum absolute atomic E-state index is 0.0927. The molecule has 3 aromatic heterocycles. The van der Waals surface area contributed by atoms with Crippen molar-refractivity contribution in [2.24, 2.45) is 0 Å². The van der Waals surface area contributed by atoms with Crippen molar-refractivity contribution in [3.05, 3.63) is 41.7 Å². The molecule has 0 atom stereocenters. The molecule has 3 heterocycles. The summed E-state index contributed by atoms with van der Waals surface area (Å²) in [6.45, 7) is 4.24. The Morgan fingerprint density at radius 3 is 2.69 bits per heavy atom. The van der Waals surface area contributed by atoms with Crippen LogP contribution < -0.4 is 16.0 Å². The average molecular weight is 396 g/mol. The summed E-state index contributed by atoms with van der Waals surface area (Å²) in [6.07, 6.45) is 1.43. The lowest BCUT2D eigenvalue weighted by atomic mass is 10.3. The Kier molecular flexibility index (Phi) is 5.91. The molecule has 10 nitrogen and oxygen atoms in total. The minimum Gasteiger partial charge on any atom is -0.373 e. The first kappa shape index (κ1) is 20.1. The first-order valence-electron chi connectivity index (χ1n) is 9.22. The summed E-state index contributed by atoms with van der Waals surface area (Å²) in [5.41, 5.74) is 1.51. The van der Waals surface area contributed by atoms with Gasteiger partial charge < -0.3 is 20.9 Å². The lowest BCUT2D eigenvalue weighted by Crippen LogP contribution is -2.38. The summed E-state index contributed by atoms with van der Waals surface area (Å²) in [7, 11) is 3.44. The SMILES string of the molecule is CCN(C)C(=O)CNC(=O)c1cnn2c(NC)cc(Nc3cccc(C)n3)nc12. The van der Waals surface area contributed by atoms with E-state index < -0.39 is 5.91 Å². The monoisotopic (exact) mass is 396 g/mol. The van der Waals surface area contributed by atoms with Crippen molar-refractivity contribution < 1.29 is 9.59 Å². The first-order valence-corrected chi connectivity index (χ1v) is 9.22. The van der Waals surface area contributed by atoms with Crippen molar-refractivity contribution in [3.63, 3.8) is 0 Å². The fraction of sp³-hybridized carbons (Fsp3) is 0.316. The normalized spacial score (nSPS) is 10.6. The number of hydrogen-bond donors (Lipinski definition) is 3.